The molecule has 6 aromatic carbocycles. The molecule has 0 spiro atoms. The molecule has 0 bridgehead atoms. The molecule has 0 aliphatic rings. The predicted molar refractivity (Wildman–Crippen MR) is 201 cm³/mol. The maximum absolute atomic E-state index is 5.04. The average Bonchev–Trinajstić information content (AvgIpc) is 3.52. The summed E-state index contributed by atoms with van der Waals surface area (Å²) in [4.78, 5) is 14.4. The van der Waals surface area contributed by atoms with Crippen molar-refractivity contribution in [2.24, 2.45) is 0 Å². The van der Waals surface area contributed by atoms with Crippen LogP contribution in [0.3, 0.4) is 0 Å². The first kappa shape index (κ1) is 28.6. The number of nitrogens with zero attached hydrogens (tertiary/aromatic N) is 4. The van der Waals surface area contributed by atoms with Crippen LogP contribution in [0.25, 0.3) is 83.6 Å². The van der Waals surface area contributed by atoms with Gasteiger partial charge in [0.25, 0.3) is 0 Å². The van der Waals surface area contributed by atoms with Gasteiger partial charge in [0.1, 0.15) is 0 Å². The van der Waals surface area contributed by atoms with Crippen LogP contribution >= 0.6 is 0 Å². The molecule has 230 valence electrons. The highest BCUT2D eigenvalue weighted by atomic mass is 15.0. The van der Waals surface area contributed by atoms with E-state index in [0.29, 0.717) is 5.82 Å². The largest absolute Gasteiger partial charge is 0.309 e. The first-order valence-electron chi connectivity index (χ1n) is 16.4. The number of benzene rings is 6. The second-order valence-corrected chi connectivity index (χ2v) is 12.1. The fourth-order valence-corrected chi connectivity index (χ4v) is 6.69. The van der Waals surface area contributed by atoms with Gasteiger partial charge in [-0.15, -0.1) is 0 Å². The number of rotatable bonds is 6. The molecule has 0 amide bonds. The van der Waals surface area contributed by atoms with Crippen molar-refractivity contribution in [3.63, 3.8) is 0 Å². The number of aromatic nitrogens is 4. The van der Waals surface area contributed by atoms with Gasteiger partial charge in [-0.25, -0.2) is 9.97 Å². The zero-order chi connectivity index (χ0) is 32.6. The van der Waals surface area contributed by atoms with Crippen LogP contribution in [0.5, 0.6) is 0 Å². The quantitative estimate of drug-likeness (QED) is 0.184. The molecular weight excluding hydrogens is 597 g/mol. The summed E-state index contributed by atoms with van der Waals surface area (Å²) in [5.74, 6) is 0.647. The van der Waals surface area contributed by atoms with E-state index in [-0.39, 0.29) is 0 Å². The summed E-state index contributed by atoms with van der Waals surface area (Å²) in [6.07, 6.45) is 3.59. The lowest BCUT2D eigenvalue weighted by molar-refractivity contribution is 1.17. The molecule has 0 unspecified atom stereocenters. The zero-order valence-electron chi connectivity index (χ0n) is 26.6. The third kappa shape index (κ3) is 5.35. The lowest BCUT2D eigenvalue weighted by Crippen LogP contribution is -1.96. The molecule has 49 heavy (non-hydrogen) atoms. The predicted octanol–water partition coefficient (Wildman–Crippen LogP) is 11.3. The van der Waals surface area contributed by atoms with Gasteiger partial charge in [0.15, 0.2) is 5.82 Å². The molecule has 4 heteroatoms. The van der Waals surface area contributed by atoms with E-state index in [2.05, 4.69) is 161 Å². The molecule has 0 atom stereocenters. The highest BCUT2D eigenvalue weighted by Crippen LogP contribution is 2.36. The molecule has 3 heterocycles. The van der Waals surface area contributed by atoms with Crippen molar-refractivity contribution in [2.45, 2.75) is 0 Å². The van der Waals surface area contributed by atoms with Gasteiger partial charge in [-0.1, -0.05) is 121 Å². The van der Waals surface area contributed by atoms with Gasteiger partial charge >= 0.3 is 0 Å². The molecule has 0 aliphatic heterocycles. The third-order valence-electron chi connectivity index (χ3n) is 9.11. The van der Waals surface area contributed by atoms with E-state index in [0.717, 1.165) is 50.5 Å². The van der Waals surface area contributed by atoms with Gasteiger partial charge in [-0.2, -0.15) is 0 Å². The molecule has 9 rings (SSSR count). The molecule has 0 saturated heterocycles. The SMILES string of the molecule is c1ccc(-c2cccc(-c3cc(-c4ccc(-c5ccc6c7ccccc7n(-c7ccccc7)c6c5)cc4)nc(-c4cccnc4)n3)c2)cc1. The Kier molecular flexibility index (Phi) is 7.10. The maximum atomic E-state index is 5.04. The van der Waals surface area contributed by atoms with E-state index in [1.807, 2.05) is 24.4 Å². The lowest BCUT2D eigenvalue weighted by atomic mass is 9.99. The van der Waals surface area contributed by atoms with E-state index >= 15 is 0 Å². The van der Waals surface area contributed by atoms with Crippen LogP contribution in [0, 0.1) is 0 Å². The van der Waals surface area contributed by atoms with E-state index < -0.39 is 0 Å². The van der Waals surface area contributed by atoms with Crippen LogP contribution in [-0.2, 0) is 0 Å². The smallest absolute Gasteiger partial charge is 0.161 e. The molecule has 0 radical (unpaired) electrons. The van der Waals surface area contributed by atoms with Crippen LogP contribution in [0.15, 0.2) is 182 Å². The Morgan fingerprint density at radius 2 is 0.959 bits per heavy atom. The van der Waals surface area contributed by atoms with Gasteiger partial charge in [-0.05, 0) is 70.8 Å². The number of para-hydroxylation sites is 2. The van der Waals surface area contributed by atoms with Crippen LogP contribution in [-0.4, -0.2) is 19.5 Å². The van der Waals surface area contributed by atoms with Crippen LogP contribution in [0.2, 0.25) is 0 Å². The summed E-state index contributed by atoms with van der Waals surface area (Å²) in [6.45, 7) is 0. The number of pyridine rings is 1. The summed E-state index contributed by atoms with van der Waals surface area (Å²) in [5, 5.41) is 2.49. The number of fused-ring (bicyclic) bond motifs is 3. The molecule has 3 aromatic heterocycles. The van der Waals surface area contributed by atoms with Crippen molar-refractivity contribution >= 4 is 21.8 Å². The summed E-state index contributed by atoms with van der Waals surface area (Å²) < 4.78 is 2.36. The Labute approximate surface area is 284 Å². The summed E-state index contributed by atoms with van der Waals surface area (Å²) in [7, 11) is 0. The van der Waals surface area contributed by atoms with E-state index in [4.69, 9.17) is 9.97 Å². The Morgan fingerprint density at radius 3 is 1.76 bits per heavy atom. The fraction of sp³-hybridized carbons (Fsp3) is 0. The molecule has 0 N–H and O–H groups in total. The monoisotopic (exact) mass is 626 g/mol. The van der Waals surface area contributed by atoms with Crippen molar-refractivity contribution in [3.05, 3.63) is 182 Å². The molecule has 4 nitrogen and oxygen atoms in total. The Balaban J connectivity index is 1.13. The Bertz CT molecular complexity index is 2570. The van der Waals surface area contributed by atoms with Crippen molar-refractivity contribution in [1.29, 1.82) is 0 Å². The van der Waals surface area contributed by atoms with Gasteiger partial charge < -0.3 is 4.57 Å². The number of hydrogen-bond donors (Lipinski definition) is 0. The maximum Gasteiger partial charge on any atom is 0.161 e. The number of hydrogen-bond acceptors (Lipinski definition) is 3. The van der Waals surface area contributed by atoms with Gasteiger partial charge in [0.2, 0.25) is 0 Å². The average molecular weight is 627 g/mol. The van der Waals surface area contributed by atoms with Crippen LogP contribution in [0.1, 0.15) is 0 Å². The van der Waals surface area contributed by atoms with E-state index in [1.165, 1.54) is 27.4 Å². The summed E-state index contributed by atoms with van der Waals surface area (Å²) in [5.41, 5.74) is 12.8. The minimum atomic E-state index is 0.647. The topological polar surface area (TPSA) is 43.6 Å². The van der Waals surface area contributed by atoms with Gasteiger partial charge in [-0.3, -0.25) is 4.98 Å². The van der Waals surface area contributed by atoms with Crippen LogP contribution < -0.4 is 0 Å². The lowest BCUT2D eigenvalue weighted by Gasteiger charge is -2.11. The van der Waals surface area contributed by atoms with Crippen molar-refractivity contribution in [3.8, 4) is 61.8 Å². The second kappa shape index (κ2) is 12.2. The normalized spacial score (nSPS) is 11.3. The minimum absolute atomic E-state index is 0.647. The molecule has 9 aromatic rings. The Morgan fingerprint density at radius 1 is 0.367 bits per heavy atom. The fourth-order valence-electron chi connectivity index (χ4n) is 6.69. The highest BCUT2D eigenvalue weighted by molar-refractivity contribution is 6.10. The molecule has 0 aliphatic carbocycles. The van der Waals surface area contributed by atoms with Gasteiger partial charge in [0, 0.05) is 45.5 Å². The van der Waals surface area contributed by atoms with E-state index in [9.17, 15) is 0 Å². The molecule has 0 saturated carbocycles. The first-order valence-corrected chi connectivity index (χ1v) is 16.4. The summed E-state index contributed by atoms with van der Waals surface area (Å²) >= 11 is 0. The van der Waals surface area contributed by atoms with E-state index in [1.54, 1.807) is 6.20 Å². The standard InChI is InChI=1S/C45H30N4/c1-3-11-31(12-4-1)34-13-9-14-36(27-34)42-29-41(47-45(48-42)37-15-10-26-46-30-37)33-22-20-32(21-23-33)35-24-25-40-39-18-7-8-19-43(39)49(44(40)28-35)38-16-5-2-6-17-38/h1-30H. The third-order valence-corrected chi connectivity index (χ3v) is 9.11. The van der Waals surface area contributed by atoms with Crippen molar-refractivity contribution in [1.82, 2.24) is 19.5 Å². The minimum Gasteiger partial charge on any atom is -0.309 e. The zero-order valence-corrected chi connectivity index (χ0v) is 26.6. The Hall–Kier alpha value is -6.65. The summed E-state index contributed by atoms with van der Waals surface area (Å²) in [6, 6.07) is 59.7. The molecular formula is C45H30N4. The molecule has 0 fully saturated rings. The van der Waals surface area contributed by atoms with Crippen molar-refractivity contribution < 1.29 is 0 Å². The van der Waals surface area contributed by atoms with Crippen LogP contribution in [0.4, 0.5) is 0 Å². The first-order chi connectivity index (χ1) is 24.3. The van der Waals surface area contributed by atoms with Crippen molar-refractivity contribution in [2.75, 3.05) is 0 Å². The second-order valence-electron chi connectivity index (χ2n) is 12.1. The van der Waals surface area contributed by atoms with Gasteiger partial charge in [0.05, 0.1) is 22.4 Å². The highest BCUT2D eigenvalue weighted by Gasteiger charge is 2.15.